The average Bonchev–Trinajstić information content (AvgIpc) is 2.38. The number of nitrogens with two attached hydrogens (primary N) is 1. The van der Waals surface area contributed by atoms with Gasteiger partial charge in [-0.1, -0.05) is 6.42 Å². The molecular weight excluding hydrogens is 293 g/mol. The number of benzene rings is 1. The van der Waals surface area contributed by atoms with Gasteiger partial charge in [0.2, 0.25) is 0 Å². The van der Waals surface area contributed by atoms with Gasteiger partial charge in [-0.05, 0) is 51.3 Å². The molecule has 1 fully saturated rings. The van der Waals surface area contributed by atoms with E-state index in [1.165, 1.54) is 6.07 Å². The van der Waals surface area contributed by atoms with Crippen LogP contribution < -0.4 is 10.6 Å². The van der Waals surface area contributed by atoms with E-state index in [-0.39, 0.29) is 17.8 Å². The first-order valence-corrected chi connectivity index (χ1v) is 8.57. The number of anilines is 1. The molecule has 21 heavy (non-hydrogen) atoms. The summed E-state index contributed by atoms with van der Waals surface area (Å²) in [5.74, 6) is -0.786. The van der Waals surface area contributed by atoms with E-state index >= 15 is 0 Å². The highest BCUT2D eigenvalue weighted by Gasteiger charge is 2.30. The zero-order valence-corrected chi connectivity index (χ0v) is 13.4. The highest BCUT2D eigenvalue weighted by atomic mass is 32.2. The van der Waals surface area contributed by atoms with Crippen molar-refractivity contribution < 1.29 is 12.8 Å². The SMILES string of the molecule is Cc1cc(F)c(S(=O)(=O)NN2C(C)CCCC2C)cc1N. The summed E-state index contributed by atoms with van der Waals surface area (Å²) in [6.45, 7) is 5.55. The summed E-state index contributed by atoms with van der Waals surface area (Å²) >= 11 is 0. The molecule has 2 atom stereocenters. The van der Waals surface area contributed by atoms with Crippen molar-refractivity contribution in [3.05, 3.63) is 23.5 Å². The van der Waals surface area contributed by atoms with Crippen molar-refractivity contribution in [2.24, 2.45) is 0 Å². The van der Waals surface area contributed by atoms with Crippen LogP contribution in [0.4, 0.5) is 10.1 Å². The average molecular weight is 315 g/mol. The van der Waals surface area contributed by atoms with Crippen LogP contribution in [0.1, 0.15) is 38.7 Å². The molecule has 2 unspecified atom stereocenters. The predicted octanol–water partition coefficient (Wildman–Crippen LogP) is 2.17. The third-order valence-electron chi connectivity index (χ3n) is 4.03. The van der Waals surface area contributed by atoms with E-state index in [0.29, 0.717) is 5.56 Å². The molecule has 1 heterocycles. The molecular formula is C14H22FN3O2S. The maximum absolute atomic E-state index is 14.0. The second kappa shape index (κ2) is 5.90. The lowest BCUT2D eigenvalue weighted by molar-refractivity contribution is 0.0789. The molecule has 1 aliphatic rings. The highest BCUT2D eigenvalue weighted by molar-refractivity contribution is 7.89. The number of nitrogen functional groups attached to an aromatic ring is 1. The van der Waals surface area contributed by atoms with Gasteiger partial charge in [0.25, 0.3) is 10.0 Å². The summed E-state index contributed by atoms with van der Waals surface area (Å²) in [7, 11) is -3.97. The molecule has 0 radical (unpaired) electrons. The van der Waals surface area contributed by atoms with Gasteiger partial charge in [-0.3, -0.25) is 0 Å². The number of nitrogens with zero attached hydrogens (tertiary/aromatic N) is 1. The molecule has 5 nitrogen and oxygen atoms in total. The van der Waals surface area contributed by atoms with Gasteiger partial charge in [0.15, 0.2) is 0 Å². The van der Waals surface area contributed by atoms with Gasteiger partial charge < -0.3 is 5.73 Å². The fourth-order valence-corrected chi connectivity index (χ4v) is 4.00. The minimum absolute atomic E-state index is 0.0781. The van der Waals surface area contributed by atoms with E-state index in [1.54, 1.807) is 11.9 Å². The Balaban J connectivity index is 2.32. The first-order valence-electron chi connectivity index (χ1n) is 7.09. The number of nitrogens with one attached hydrogen (secondary N) is 1. The topological polar surface area (TPSA) is 75.4 Å². The summed E-state index contributed by atoms with van der Waals surface area (Å²) in [6, 6.07) is 2.47. The van der Waals surface area contributed by atoms with E-state index < -0.39 is 20.7 Å². The molecule has 0 aliphatic carbocycles. The smallest absolute Gasteiger partial charge is 0.256 e. The van der Waals surface area contributed by atoms with E-state index in [9.17, 15) is 12.8 Å². The minimum atomic E-state index is -3.97. The molecule has 0 bridgehead atoms. The molecule has 3 N–H and O–H groups in total. The lowest BCUT2D eigenvalue weighted by Crippen LogP contribution is -2.54. The number of hydrogen-bond acceptors (Lipinski definition) is 4. The van der Waals surface area contributed by atoms with Gasteiger partial charge in [0.1, 0.15) is 10.7 Å². The van der Waals surface area contributed by atoms with Gasteiger partial charge in [0.05, 0.1) is 0 Å². The number of sulfonamides is 1. The van der Waals surface area contributed by atoms with Gasteiger partial charge in [-0.25, -0.2) is 17.8 Å². The van der Waals surface area contributed by atoms with Crippen molar-refractivity contribution in [2.75, 3.05) is 5.73 Å². The summed E-state index contributed by atoms with van der Waals surface area (Å²) in [5, 5.41) is 1.69. The molecule has 1 aromatic carbocycles. The summed E-state index contributed by atoms with van der Waals surface area (Å²) in [6.07, 6.45) is 2.88. The van der Waals surface area contributed by atoms with Crippen LogP contribution in [-0.2, 0) is 10.0 Å². The normalized spacial score (nSPS) is 24.2. The van der Waals surface area contributed by atoms with Crippen molar-refractivity contribution >= 4 is 15.7 Å². The van der Waals surface area contributed by atoms with E-state index in [1.807, 2.05) is 13.8 Å². The van der Waals surface area contributed by atoms with Crippen LogP contribution in [0, 0.1) is 12.7 Å². The number of piperidine rings is 1. The van der Waals surface area contributed by atoms with Crippen LogP contribution in [0.25, 0.3) is 0 Å². The molecule has 2 rings (SSSR count). The van der Waals surface area contributed by atoms with Crippen molar-refractivity contribution in [1.29, 1.82) is 0 Å². The van der Waals surface area contributed by atoms with Crippen LogP contribution >= 0.6 is 0 Å². The Bertz CT molecular complexity index is 623. The monoisotopic (exact) mass is 315 g/mol. The van der Waals surface area contributed by atoms with Crippen LogP contribution in [0.3, 0.4) is 0 Å². The molecule has 0 amide bonds. The minimum Gasteiger partial charge on any atom is -0.398 e. The molecule has 118 valence electrons. The number of aryl methyl sites for hydroxylation is 1. The summed E-state index contributed by atoms with van der Waals surface area (Å²) in [4.78, 5) is 2.10. The van der Waals surface area contributed by atoms with Gasteiger partial charge in [0, 0.05) is 17.8 Å². The number of rotatable bonds is 3. The maximum Gasteiger partial charge on any atom is 0.256 e. The van der Waals surface area contributed by atoms with Crippen LogP contribution in [-0.4, -0.2) is 25.5 Å². The quantitative estimate of drug-likeness (QED) is 0.838. The molecule has 0 spiro atoms. The van der Waals surface area contributed by atoms with Crippen LogP contribution in [0.2, 0.25) is 0 Å². The maximum atomic E-state index is 14.0. The van der Waals surface area contributed by atoms with Crippen LogP contribution in [0.15, 0.2) is 17.0 Å². The molecule has 7 heteroatoms. The zero-order chi connectivity index (χ0) is 15.8. The Kier molecular flexibility index (Phi) is 4.55. The van der Waals surface area contributed by atoms with Crippen LogP contribution in [0.5, 0.6) is 0 Å². The molecule has 1 saturated heterocycles. The van der Waals surface area contributed by atoms with E-state index in [2.05, 4.69) is 4.83 Å². The van der Waals surface area contributed by atoms with Gasteiger partial charge >= 0.3 is 0 Å². The van der Waals surface area contributed by atoms with Crippen molar-refractivity contribution in [2.45, 2.75) is 57.0 Å². The van der Waals surface area contributed by atoms with Crippen molar-refractivity contribution in [3.8, 4) is 0 Å². The fraction of sp³-hybridized carbons (Fsp3) is 0.571. The third-order valence-corrected chi connectivity index (χ3v) is 5.37. The molecule has 1 aliphatic heterocycles. The van der Waals surface area contributed by atoms with Gasteiger partial charge in [-0.15, -0.1) is 4.83 Å². The second-order valence-corrected chi connectivity index (χ2v) is 7.40. The Hall–Kier alpha value is -1.18. The zero-order valence-electron chi connectivity index (χ0n) is 12.6. The largest absolute Gasteiger partial charge is 0.398 e. The third kappa shape index (κ3) is 3.36. The van der Waals surface area contributed by atoms with Crippen molar-refractivity contribution in [3.63, 3.8) is 0 Å². The lowest BCUT2D eigenvalue weighted by Gasteiger charge is -2.38. The van der Waals surface area contributed by atoms with E-state index in [4.69, 9.17) is 5.73 Å². The Morgan fingerprint density at radius 2 is 1.86 bits per heavy atom. The Labute approximate surface area is 125 Å². The highest BCUT2D eigenvalue weighted by Crippen LogP contribution is 2.25. The Morgan fingerprint density at radius 1 is 1.29 bits per heavy atom. The Morgan fingerprint density at radius 3 is 2.43 bits per heavy atom. The predicted molar refractivity (Wildman–Crippen MR) is 80.5 cm³/mol. The summed E-state index contributed by atoms with van der Waals surface area (Å²) < 4.78 is 38.8. The number of hydrogen-bond donors (Lipinski definition) is 2. The van der Waals surface area contributed by atoms with E-state index in [0.717, 1.165) is 25.3 Å². The van der Waals surface area contributed by atoms with Crippen molar-refractivity contribution in [1.82, 2.24) is 9.84 Å². The molecule has 1 aromatic rings. The standard InChI is InChI=1S/C14H22FN3O2S/c1-9-7-12(15)14(8-13(9)16)21(19,20)17-18-10(2)5-4-6-11(18)3/h7-8,10-11,17H,4-6,16H2,1-3H3. The first-order chi connectivity index (χ1) is 9.72. The number of halogens is 1. The first kappa shape index (κ1) is 16.2. The number of hydrazine groups is 1. The van der Waals surface area contributed by atoms with Gasteiger partial charge in [-0.2, -0.15) is 0 Å². The molecule has 0 saturated carbocycles. The second-order valence-electron chi connectivity index (χ2n) is 5.77. The lowest BCUT2D eigenvalue weighted by atomic mass is 10.0. The molecule has 0 aromatic heterocycles. The fourth-order valence-electron chi connectivity index (χ4n) is 2.66. The summed E-state index contributed by atoms with van der Waals surface area (Å²) in [5.41, 5.74) is 6.48.